The molecule has 0 radical (unpaired) electrons. The lowest BCUT2D eigenvalue weighted by molar-refractivity contribution is 0.159. The quantitative estimate of drug-likeness (QED) is 0.718. The van der Waals surface area contributed by atoms with E-state index >= 15 is 0 Å². The Labute approximate surface area is 94.9 Å². The Morgan fingerprint density at radius 1 is 1.06 bits per heavy atom. The molecule has 0 aromatic heterocycles. The summed E-state index contributed by atoms with van der Waals surface area (Å²) in [7, 11) is 4.76. The molecule has 0 heterocycles. The van der Waals surface area contributed by atoms with Crippen molar-refractivity contribution in [3.8, 4) is 11.5 Å². The monoisotopic (exact) mass is 227 g/mol. The molecule has 0 atom stereocenters. The fraction of sp³-hybridized carbons (Fsp3) is 0.455. The summed E-state index contributed by atoms with van der Waals surface area (Å²) >= 11 is 0. The molecule has 5 heteroatoms. The van der Waals surface area contributed by atoms with Crippen LogP contribution >= 0.6 is 0 Å². The minimum absolute atomic E-state index is 0.298. The van der Waals surface area contributed by atoms with Gasteiger partial charge in [-0.05, 0) is 0 Å². The zero-order valence-corrected chi connectivity index (χ0v) is 9.74. The van der Waals surface area contributed by atoms with Gasteiger partial charge in [-0.1, -0.05) is 12.1 Å². The first kappa shape index (κ1) is 12.8. The Morgan fingerprint density at radius 3 is 2.12 bits per heavy atom. The molecule has 0 bridgehead atoms. The summed E-state index contributed by atoms with van der Waals surface area (Å²) in [5, 5.41) is 8.70. The number of benzene rings is 1. The molecule has 0 aliphatic rings. The van der Waals surface area contributed by atoms with E-state index in [1.165, 1.54) is 0 Å². The SMILES string of the molecule is COCc1ccc(CNO)c(OC)c1OC. The van der Waals surface area contributed by atoms with Gasteiger partial charge in [0.1, 0.15) is 0 Å². The molecule has 0 spiro atoms. The molecular weight excluding hydrogens is 210 g/mol. The standard InChI is InChI=1S/C11H17NO4/c1-14-7-9-5-4-8(6-12-13)10(15-2)11(9)16-3/h4-5,12-13H,6-7H2,1-3H3. The number of hydroxylamine groups is 1. The third kappa shape index (κ3) is 2.63. The molecule has 1 rings (SSSR count). The Bertz CT molecular complexity index is 308. The number of nitrogens with one attached hydrogen (secondary N) is 1. The van der Waals surface area contributed by atoms with Crippen molar-refractivity contribution in [1.82, 2.24) is 5.48 Å². The second kappa shape index (κ2) is 6.32. The Kier molecular flexibility index (Phi) is 5.04. The van der Waals surface area contributed by atoms with Crippen LogP contribution in [0.1, 0.15) is 11.1 Å². The molecule has 16 heavy (non-hydrogen) atoms. The lowest BCUT2D eigenvalue weighted by Gasteiger charge is -2.15. The minimum Gasteiger partial charge on any atom is -0.493 e. The predicted octanol–water partition coefficient (Wildman–Crippen LogP) is 1.33. The highest BCUT2D eigenvalue weighted by Gasteiger charge is 2.14. The summed E-state index contributed by atoms with van der Waals surface area (Å²) in [4.78, 5) is 0. The first-order valence-electron chi connectivity index (χ1n) is 4.87. The third-order valence-corrected chi connectivity index (χ3v) is 2.25. The van der Waals surface area contributed by atoms with E-state index in [0.29, 0.717) is 24.7 Å². The summed E-state index contributed by atoms with van der Waals surface area (Å²) in [5.74, 6) is 1.25. The summed E-state index contributed by atoms with van der Waals surface area (Å²) in [5.41, 5.74) is 3.82. The van der Waals surface area contributed by atoms with Gasteiger partial charge in [-0.3, -0.25) is 0 Å². The largest absolute Gasteiger partial charge is 0.493 e. The molecule has 0 saturated heterocycles. The second-order valence-corrected chi connectivity index (χ2v) is 3.22. The van der Waals surface area contributed by atoms with Crippen molar-refractivity contribution in [1.29, 1.82) is 0 Å². The predicted molar refractivity (Wildman–Crippen MR) is 58.9 cm³/mol. The van der Waals surface area contributed by atoms with Gasteiger partial charge in [-0.15, -0.1) is 0 Å². The van der Waals surface area contributed by atoms with Crippen LogP contribution in [-0.4, -0.2) is 26.5 Å². The van der Waals surface area contributed by atoms with Crippen LogP contribution in [0, 0.1) is 0 Å². The molecule has 90 valence electrons. The zero-order chi connectivity index (χ0) is 12.0. The van der Waals surface area contributed by atoms with Crippen LogP contribution in [0.15, 0.2) is 12.1 Å². The van der Waals surface area contributed by atoms with Crippen LogP contribution in [0.5, 0.6) is 11.5 Å². The van der Waals surface area contributed by atoms with E-state index in [1.807, 2.05) is 12.1 Å². The van der Waals surface area contributed by atoms with Gasteiger partial charge in [0, 0.05) is 24.8 Å². The lowest BCUT2D eigenvalue weighted by Crippen LogP contribution is -2.09. The fourth-order valence-electron chi connectivity index (χ4n) is 1.59. The summed E-state index contributed by atoms with van der Waals surface area (Å²) in [6, 6.07) is 3.75. The Balaban J connectivity index is 3.16. The number of methoxy groups -OCH3 is 3. The van der Waals surface area contributed by atoms with Crippen LogP contribution in [0.3, 0.4) is 0 Å². The highest BCUT2D eigenvalue weighted by molar-refractivity contribution is 5.51. The van der Waals surface area contributed by atoms with Crippen LogP contribution in [0.25, 0.3) is 0 Å². The molecule has 0 saturated carbocycles. The van der Waals surface area contributed by atoms with Crippen LogP contribution in [-0.2, 0) is 17.9 Å². The summed E-state index contributed by atoms with van der Waals surface area (Å²) in [6.07, 6.45) is 0. The average molecular weight is 227 g/mol. The molecule has 1 aromatic rings. The van der Waals surface area contributed by atoms with Gasteiger partial charge in [0.25, 0.3) is 0 Å². The maximum atomic E-state index is 8.70. The molecular formula is C11H17NO4. The van der Waals surface area contributed by atoms with E-state index in [-0.39, 0.29) is 0 Å². The van der Waals surface area contributed by atoms with Crippen molar-refractivity contribution in [2.24, 2.45) is 0 Å². The van der Waals surface area contributed by atoms with Crippen molar-refractivity contribution in [2.45, 2.75) is 13.2 Å². The van der Waals surface area contributed by atoms with E-state index in [9.17, 15) is 0 Å². The first-order valence-corrected chi connectivity index (χ1v) is 4.87. The zero-order valence-electron chi connectivity index (χ0n) is 9.74. The van der Waals surface area contributed by atoms with E-state index in [1.54, 1.807) is 21.3 Å². The minimum atomic E-state index is 0.298. The van der Waals surface area contributed by atoms with Crippen LogP contribution in [0.4, 0.5) is 0 Å². The smallest absolute Gasteiger partial charge is 0.166 e. The van der Waals surface area contributed by atoms with Gasteiger partial charge in [0.2, 0.25) is 0 Å². The highest BCUT2D eigenvalue weighted by atomic mass is 16.5. The molecule has 0 aliphatic carbocycles. The number of rotatable bonds is 6. The Hall–Kier alpha value is -1.30. The maximum absolute atomic E-state index is 8.70. The summed E-state index contributed by atoms with van der Waals surface area (Å²) < 4.78 is 15.6. The van der Waals surface area contributed by atoms with Gasteiger partial charge < -0.3 is 19.4 Å². The first-order chi connectivity index (χ1) is 7.78. The fourth-order valence-corrected chi connectivity index (χ4v) is 1.59. The molecule has 0 aliphatic heterocycles. The van der Waals surface area contributed by atoms with Crippen molar-refractivity contribution < 1.29 is 19.4 Å². The van der Waals surface area contributed by atoms with Crippen molar-refractivity contribution in [2.75, 3.05) is 21.3 Å². The molecule has 0 unspecified atom stereocenters. The van der Waals surface area contributed by atoms with Gasteiger partial charge in [0.15, 0.2) is 11.5 Å². The molecule has 1 aromatic carbocycles. The van der Waals surface area contributed by atoms with Gasteiger partial charge in [-0.25, -0.2) is 5.48 Å². The van der Waals surface area contributed by atoms with Crippen molar-refractivity contribution >= 4 is 0 Å². The molecule has 2 N–H and O–H groups in total. The number of hydrogen-bond donors (Lipinski definition) is 2. The van der Waals surface area contributed by atoms with E-state index < -0.39 is 0 Å². The van der Waals surface area contributed by atoms with E-state index in [2.05, 4.69) is 5.48 Å². The maximum Gasteiger partial charge on any atom is 0.166 e. The van der Waals surface area contributed by atoms with Crippen LogP contribution < -0.4 is 15.0 Å². The molecule has 0 amide bonds. The van der Waals surface area contributed by atoms with Crippen LogP contribution in [0.2, 0.25) is 0 Å². The number of hydrogen-bond acceptors (Lipinski definition) is 5. The third-order valence-electron chi connectivity index (χ3n) is 2.25. The topological polar surface area (TPSA) is 60.0 Å². The van der Waals surface area contributed by atoms with Gasteiger partial charge in [-0.2, -0.15) is 0 Å². The van der Waals surface area contributed by atoms with Gasteiger partial charge >= 0.3 is 0 Å². The highest BCUT2D eigenvalue weighted by Crippen LogP contribution is 2.35. The summed E-state index contributed by atoms with van der Waals surface area (Å²) in [6.45, 7) is 0.749. The number of ether oxygens (including phenoxy) is 3. The molecule has 5 nitrogen and oxygen atoms in total. The Morgan fingerprint density at radius 2 is 1.62 bits per heavy atom. The van der Waals surface area contributed by atoms with Crippen molar-refractivity contribution in [3.63, 3.8) is 0 Å². The van der Waals surface area contributed by atoms with Gasteiger partial charge in [0.05, 0.1) is 20.8 Å². The normalized spacial score (nSPS) is 10.2. The van der Waals surface area contributed by atoms with E-state index in [4.69, 9.17) is 19.4 Å². The average Bonchev–Trinajstić information content (AvgIpc) is 2.31. The lowest BCUT2D eigenvalue weighted by atomic mass is 10.1. The van der Waals surface area contributed by atoms with E-state index in [0.717, 1.165) is 11.1 Å². The molecule has 0 fully saturated rings. The second-order valence-electron chi connectivity index (χ2n) is 3.22. The van der Waals surface area contributed by atoms with Crippen molar-refractivity contribution in [3.05, 3.63) is 23.3 Å².